The van der Waals surface area contributed by atoms with E-state index >= 15 is 0 Å². The van der Waals surface area contributed by atoms with Gasteiger partial charge in [0.25, 0.3) is 0 Å². The zero-order chi connectivity index (χ0) is 31.6. The zero-order valence-corrected chi connectivity index (χ0v) is 24.7. The molecule has 0 unspecified atom stereocenters. The van der Waals surface area contributed by atoms with E-state index in [-0.39, 0.29) is 20.0 Å². The number of rotatable bonds is 19. The summed E-state index contributed by atoms with van der Waals surface area (Å²) in [6.45, 7) is 10.2. The summed E-state index contributed by atoms with van der Waals surface area (Å²) >= 11 is 0. The second kappa shape index (κ2) is 18.4. The Balaban J connectivity index is 1.34. The maximum Gasteiger partial charge on any atom is 0.343 e. The largest absolute Gasteiger partial charge is 0.493 e. The molecule has 0 heterocycles. The van der Waals surface area contributed by atoms with Crippen LogP contribution in [0.4, 0.5) is 0 Å². The first-order chi connectivity index (χ1) is 21.4. The van der Waals surface area contributed by atoms with Gasteiger partial charge in [-0.1, -0.05) is 25.3 Å². The minimum absolute atomic E-state index is 0.0364. The van der Waals surface area contributed by atoms with Gasteiger partial charge in [0.05, 0.1) is 38.6 Å². The average Bonchev–Trinajstić information content (AvgIpc) is 3.04. The minimum atomic E-state index is -0.501. The number of ether oxygens (including phenoxy) is 7. The summed E-state index contributed by atoms with van der Waals surface area (Å²) in [4.78, 5) is 34.7. The molecule has 0 N–H and O–H groups in total. The number of esters is 3. The van der Waals surface area contributed by atoms with Gasteiger partial charge >= 0.3 is 17.9 Å². The minimum Gasteiger partial charge on any atom is -0.493 e. The molecule has 3 aromatic carbocycles. The molecular weight excluding hydrogens is 568 g/mol. The third-order valence-corrected chi connectivity index (χ3v) is 5.88. The summed E-state index contributed by atoms with van der Waals surface area (Å²) in [7, 11) is 0. The summed E-state index contributed by atoms with van der Waals surface area (Å²) in [5, 5.41) is 0. The van der Waals surface area contributed by atoms with Crippen LogP contribution in [-0.4, -0.2) is 51.1 Å². The summed E-state index contributed by atoms with van der Waals surface area (Å²) in [5.74, 6) is 0.862. The van der Waals surface area contributed by atoms with Crippen molar-refractivity contribution in [2.75, 3.05) is 33.2 Å². The standard InChI is InChI=1S/C34H36O10/c1-4-32(35)41-20-6-18-39-28-12-8-26(9-13-28)23-38-24-43-30-16-17-31(25(3)22-30)44-34(37)27-10-14-29(15-11-27)40-19-7-21-42-33(36)5-2/h4-5,8-17,22H,1-2,6-7,18-21,23-24H2,3H3. The molecular formula is C34H36O10. The van der Waals surface area contributed by atoms with E-state index in [4.69, 9.17) is 33.2 Å². The highest BCUT2D eigenvalue weighted by atomic mass is 16.7. The van der Waals surface area contributed by atoms with Crippen LogP contribution in [0.5, 0.6) is 23.0 Å². The SMILES string of the molecule is C=CC(=O)OCCCOc1ccc(COCOc2ccc(OC(=O)c3ccc(OCCCOC(=O)C=C)cc3)c(C)c2)cc1. The molecule has 0 bridgehead atoms. The van der Waals surface area contributed by atoms with E-state index in [1.165, 1.54) is 0 Å². The van der Waals surface area contributed by atoms with Crippen LogP contribution >= 0.6 is 0 Å². The van der Waals surface area contributed by atoms with E-state index in [2.05, 4.69) is 13.2 Å². The van der Waals surface area contributed by atoms with Gasteiger partial charge in [0.1, 0.15) is 23.0 Å². The van der Waals surface area contributed by atoms with E-state index < -0.39 is 17.9 Å². The van der Waals surface area contributed by atoms with Crippen molar-refractivity contribution < 1.29 is 47.5 Å². The zero-order valence-electron chi connectivity index (χ0n) is 24.7. The average molecular weight is 605 g/mol. The molecule has 0 spiro atoms. The summed E-state index contributed by atoms with van der Waals surface area (Å²) < 4.78 is 37.9. The highest BCUT2D eigenvalue weighted by Crippen LogP contribution is 2.25. The van der Waals surface area contributed by atoms with Gasteiger partial charge in [0, 0.05) is 25.0 Å². The molecule has 0 aliphatic rings. The van der Waals surface area contributed by atoms with Gasteiger partial charge in [-0.25, -0.2) is 14.4 Å². The van der Waals surface area contributed by atoms with Gasteiger partial charge in [0.15, 0.2) is 6.79 Å². The molecule has 3 rings (SSSR count). The molecule has 3 aromatic rings. The lowest BCUT2D eigenvalue weighted by molar-refractivity contribution is -0.138. The van der Waals surface area contributed by atoms with E-state index in [0.29, 0.717) is 61.2 Å². The van der Waals surface area contributed by atoms with Crippen molar-refractivity contribution in [3.63, 3.8) is 0 Å². The van der Waals surface area contributed by atoms with Crippen molar-refractivity contribution in [3.05, 3.63) is 109 Å². The molecule has 0 atom stereocenters. The third kappa shape index (κ3) is 12.0. The predicted octanol–water partition coefficient (Wildman–Crippen LogP) is 5.76. The molecule has 0 aromatic heterocycles. The highest BCUT2D eigenvalue weighted by molar-refractivity contribution is 5.91. The van der Waals surface area contributed by atoms with E-state index in [0.717, 1.165) is 23.3 Å². The fourth-order valence-corrected chi connectivity index (χ4v) is 3.58. The Bertz CT molecular complexity index is 1380. The first kappa shape index (κ1) is 33.4. The lowest BCUT2D eigenvalue weighted by atomic mass is 10.2. The van der Waals surface area contributed by atoms with Crippen molar-refractivity contribution in [1.82, 2.24) is 0 Å². The first-order valence-electron chi connectivity index (χ1n) is 13.9. The fraction of sp³-hybridized carbons (Fsp3) is 0.265. The van der Waals surface area contributed by atoms with Gasteiger partial charge in [0.2, 0.25) is 0 Å². The first-order valence-corrected chi connectivity index (χ1v) is 13.9. The molecule has 10 heteroatoms. The van der Waals surface area contributed by atoms with Crippen LogP contribution in [0.3, 0.4) is 0 Å². The molecule has 0 aliphatic carbocycles. The molecule has 232 valence electrons. The molecule has 0 saturated heterocycles. The Kier molecular flexibility index (Phi) is 14.0. The van der Waals surface area contributed by atoms with Gasteiger partial charge < -0.3 is 33.2 Å². The second-order valence-electron chi connectivity index (χ2n) is 9.24. The number of carbonyl (C=O) groups excluding carboxylic acids is 3. The van der Waals surface area contributed by atoms with E-state index in [9.17, 15) is 14.4 Å². The Morgan fingerprint density at radius 1 is 0.682 bits per heavy atom. The van der Waals surface area contributed by atoms with Crippen LogP contribution in [0.15, 0.2) is 92.0 Å². The van der Waals surface area contributed by atoms with E-state index in [1.807, 2.05) is 31.2 Å². The number of hydrogen-bond acceptors (Lipinski definition) is 10. The Labute approximate surface area is 256 Å². The van der Waals surface area contributed by atoms with Crippen molar-refractivity contribution in [2.24, 2.45) is 0 Å². The number of carbonyl (C=O) groups is 3. The number of hydrogen-bond donors (Lipinski definition) is 0. The lowest BCUT2D eigenvalue weighted by Crippen LogP contribution is -2.10. The predicted molar refractivity (Wildman–Crippen MR) is 162 cm³/mol. The van der Waals surface area contributed by atoms with Crippen molar-refractivity contribution in [2.45, 2.75) is 26.4 Å². The van der Waals surface area contributed by atoms with Crippen molar-refractivity contribution in [3.8, 4) is 23.0 Å². The second-order valence-corrected chi connectivity index (χ2v) is 9.24. The number of aryl methyl sites for hydroxylation is 1. The molecule has 0 saturated carbocycles. The Morgan fingerprint density at radius 3 is 1.77 bits per heavy atom. The van der Waals surface area contributed by atoms with Crippen molar-refractivity contribution >= 4 is 17.9 Å². The van der Waals surface area contributed by atoms with Gasteiger partial charge in [-0.05, 0) is 72.6 Å². The lowest BCUT2D eigenvalue weighted by Gasteiger charge is -2.12. The van der Waals surface area contributed by atoms with Crippen LogP contribution in [0, 0.1) is 6.92 Å². The van der Waals surface area contributed by atoms with Crippen LogP contribution in [0.2, 0.25) is 0 Å². The topological polar surface area (TPSA) is 116 Å². The van der Waals surface area contributed by atoms with Crippen LogP contribution in [0.25, 0.3) is 0 Å². The normalized spacial score (nSPS) is 10.3. The molecule has 0 fully saturated rings. The van der Waals surface area contributed by atoms with Crippen molar-refractivity contribution in [1.29, 1.82) is 0 Å². The van der Waals surface area contributed by atoms with Gasteiger partial charge in [-0.15, -0.1) is 0 Å². The maximum absolute atomic E-state index is 12.6. The quantitative estimate of drug-likeness (QED) is 0.0550. The van der Waals surface area contributed by atoms with Gasteiger partial charge in [-0.3, -0.25) is 0 Å². The molecule has 0 aliphatic heterocycles. The molecule has 0 amide bonds. The van der Waals surface area contributed by atoms with E-state index in [1.54, 1.807) is 42.5 Å². The third-order valence-electron chi connectivity index (χ3n) is 5.88. The van der Waals surface area contributed by atoms with Gasteiger partial charge in [-0.2, -0.15) is 0 Å². The summed E-state index contributed by atoms with van der Waals surface area (Å²) in [6.07, 6.45) is 3.34. The molecule has 10 nitrogen and oxygen atoms in total. The van der Waals surface area contributed by atoms with Crippen LogP contribution in [0.1, 0.15) is 34.3 Å². The summed E-state index contributed by atoms with van der Waals surface area (Å²) in [5.41, 5.74) is 2.05. The highest BCUT2D eigenvalue weighted by Gasteiger charge is 2.12. The summed E-state index contributed by atoms with van der Waals surface area (Å²) in [6, 6.07) is 19.2. The Hall–Kier alpha value is -5.09. The smallest absolute Gasteiger partial charge is 0.343 e. The monoisotopic (exact) mass is 604 g/mol. The fourth-order valence-electron chi connectivity index (χ4n) is 3.58. The Morgan fingerprint density at radius 2 is 1.23 bits per heavy atom. The molecule has 0 radical (unpaired) electrons. The maximum atomic E-state index is 12.6. The van der Waals surface area contributed by atoms with Crippen LogP contribution < -0.4 is 18.9 Å². The molecule has 44 heavy (non-hydrogen) atoms. The van der Waals surface area contributed by atoms with Crippen LogP contribution in [-0.2, 0) is 30.4 Å². The number of benzene rings is 3.